The summed E-state index contributed by atoms with van der Waals surface area (Å²) in [5.74, 6) is 0.902. The Hall–Kier alpha value is -1.42. The number of piperidine rings is 1. The molecule has 1 aromatic heterocycles. The van der Waals surface area contributed by atoms with Crippen molar-refractivity contribution in [2.24, 2.45) is 5.92 Å². The first kappa shape index (κ1) is 16.0. The monoisotopic (exact) mass is 289 g/mol. The van der Waals surface area contributed by atoms with E-state index in [-0.39, 0.29) is 5.91 Å². The predicted octanol–water partition coefficient (Wildman–Crippen LogP) is 2.25. The molecule has 1 fully saturated rings. The van der Waals surface area contributed by atoms with Crippen molar-refractivity contribution in [3.8, 4) is 0 Å². The lowest BCUT2D eigenvalue weighted by atomic mass is 9.98. The second-order valence-corrected chi connectivity index (χ2v) is 5.91. The molecule has 4 nitrogen and oxygen atoms in total. The lowest BCUT2D eigenvalue weighted by Gasteiger charge is -2.30. The van der Waals surface area contributed by atoms with Crippen molar-refractivity contribution in [3.05, 3.63) is 30.1 Å². The summed E-state index contributed by atoms with van der Waals surface area (Å²) in [6.07, 6.45) is 8.49. The zero-order valence-corrected chi connectivity index (χ0v) is 13.1. The van der Waals surface area contributed by atoms with Crippen LogP contribution in [-0.2, 0) is 11.2 Å². The van der Waals surface area contributed by atoms with Crippen molar-refractivity contribution in [2.75, 3.05) is 26.2 Å². The van der Waals surface area contributed by atoms with Gasteiger partial charge in [0.25, 0.3) is 0 Å². The van der Waals surface area contributed by atoms with Gasteiger partial charge >= 0.3 is 0 Å². The number of aryl methyl sites for hydroxylation is 1. The molecule has 21 heavy (non-hydrogen) atoms. The number of hydrogen-bond acceptors (Lipinski definition) is 3. The third-order valence-corrected chi connectivity index (χ3v) is 4.07. The Labute approximate surface area is 127 Å². The van der Waals surface area contributed by atoms with Gasteiger partial charge in [0.05, 0.1) is 0 Å². The summed E-state index contributed by atoms with van der Waals surface area (Å²) in [5.41, 5.74) is 1.14. The Morgan fingerprint density at radius 1 is 1.52 bits per heavy atom. The molecule has 0 aliphatic carbocycles. The molecule has 0 aromatic carbocycles. The van der Waals surface area contributed by atoms with Crippen LogP contribution in [0.1, 0.15) is 38.2 Å². The molecule has 0 saturated carbocycles. The number of amides is 1. The molecule has 116 valence electrons. The van der Waals surface area contributed by atoms with Gasteiger partial charge in [-0.05, 0) is 56.3 Å². The molecule has 4 heteroatoms. The van der Waals surface area contributed by atoms with Crippen molar-refractivity contribution in [1.82, 2.24) is 15.2 Å². The number of aromatic nitrogens is 1. The van der Waals surface area contributed by atoms with Crippen LogP contribution in [0.2, 0.25) is 0 Å². The van der Waals surface area contributed by atoms with Crippen LogP contribution in [-0.4, -0.2) is 42.0 Å². The maximum Gasteiger partial charge on any atom is 0.222 e. The number of hydrogen-bond donors (Lipinski definition) is 1. The molecular weight excluding hydrogens is 262 g/mol. The average molecular weight is 289 g/mol. The van der Waals surface area contributed by atoms with Crippen LogP contribution in [0.4, 0.5) is 0 Å². The first-order valence-electron chi connectivity index (χ1n) is 8.17. The average Bonchev–Trinajstić information content (AvgIpc) is 2.54. The van der Waals surface area contributed by atoms with Crippen molar-refractivity contribution >= 4 is 5.91 Å². The van der Waals surface area contributed by atoms with Gasteiger partial charge in [-0.1, -0.05) is 13.0 Å². The highest BCUT2D eigenvalue weighted by atomic mass is 16.2. The standard InChI is InChI=1S/C17H27N3O/c1-2-11-20(14-16-6-4-10-19-13-16)17(21)8-7-15-5-3-9-18-12-15/h3,5,9,12,16,19H,2,4,6-8,10-11,13-14H2,1H3. The second kappa shape index (κ2) is 8.78. The van der Waals surface area contributed by atoms with Crippen LogP contribution in [0.5, 0.6) is 0 Å². The van der Waals surface area contributed by atoms with Gasteiger partial charge in [0.15, 0.2) is 0 Å². The van der Waals surface area contributed by atoms with E-state index in [9.17, 15) is 4.79 Å². The molecule has 1 atom stereocenters. The quantitative estimate of drug-likeness (QED) is 0.837. The summed E-state index contributed by atoms with van der Waals surface area (Å²) in [6.45, 7) is 6.10. The van der Waals surface area contributed by atoms with Gasteiger partial charge in [0, 0.05) is 31.9 Å². The highest BCUT2D eigenvalue weighted by molar-refractivity contribution is 5.76. The Kier molecular flexibility index (Phi) is 6.67. The smallest absolute Gasteiger partial charge is 0.222 e. The fourth-order valence-electron chi connectivity index (χ4n) is 2.93. The van der Waals surface area contributed by atoms with Gasteiger partial charge in [0.1, 0.15) is 0 Å². The Morgan fingerprint density at radius 2 is 2.43 bits per heavy atom. The van der Waals surface area contributed by atoms with Crippen molar-refractivity contribution in [3.63, 3.8) is 0 Å². The van der Waals surface area contributed by atoms with E-state index in [2.05, 4.69) is 22.1 Å². The Balaban J connectivity index is 1.82. The summed E-state index contributed by atoms with van der Waals surface area (Å²) >= 11 is 0. The molecule has 0 spiro atoms. The van der Waals surface area contributed by atoms with Crippen LogP contribution >= 0.6 is 0 Å². The van der Waals surface area contributed by atoms with Gasteiger partial charge in [-0.3, -0.25) is 9.78 Å². The normalized spacial score (nSPS) is 18.4. The van der Waals surface area contributed by atoms with Gasteiger partial charge in [0.2, 0.25) is 5.91 Å². The lowest BCUT2D eigenvalue weighted by Crippen LogP contribution is -2.41. The van der Waals surface area contributed by atoms with E-state index >= 15 is 0 Å². The largest absolute Gasteiger partial charge is 0.342 e. The lowest BCUT2D eigenvalue weighted by molar-refractivity contribution is -0.132. The zero-order chi connectivity index (χ0) is 14.9. The SMILES string of the molecule is CCCN(CC1CCCNC1)C(=O)CCc1cccnc1. The topological polar surface area (TPSA) is 45.2 Å². The van der Waals surface area contributed by atoms with E-state index in [1.807, 2.05) is 18.3 Å². The van der Waals surface area contributed by atoms with Crippen LogP contribution < -0.4 is 5.32 Å². The highest BCUT2D eigenvalue weighted by Crippen LogP contribution is 2.13. The number of rotatable bonds is 7. The first-order valence-corrected chi connectivity index (χ1v) is 8.17. The minimum absolute atomic E-state index is 0.284. The van der Waals surface area contributed by atoms with Crippen LogP contribution in [0, 0.1) is 5.92 Å². The highest BCUT2D eigenvalue weighted by Gasteiger charge is 2.20. The van der Waals surface area contributed by atoms with E-state index in [1.54, 1.807) is 6.20 Å². The van der Waals surface area contributed by atoms with Gasteiger partial charge in [-0.2, -0.15) is 0 Å². The number of carbonyl (C=O) groups is 1. The van der Waals surface area contributed by atoms with E-state index in [0.717, 1.165) is 44.6 Å². The number of nitrogens with one attached hydrogen (secondary N) is 1. The van der Waals surface area contributed by atoms with Crippen LogP contribution in [0.15, 0.2) is 24.5 Å². The summed E-state index contributed by atoms with van der Waals surface area (Å²) < 4.78 is 0. The number of nitrogens with zero attached hydrogens (tertiary/aromatic N) is 2. The molecule has 1 aliphatic heterocycles. The fraction of sp³-hybridized carbons (Fsp3) is 0.647. The fourth-order valence-corrected chi connectivity index (χ4v) is 2.93. The van der Waals surface area contributed by atoms with Gasteiger partial charge in [-0.15, -0.1) is 0 Å². The molecule has 2 heterocycles. The van der Waals surface area contributed by atoms with Crippen LogP contribution in [0.25, 0.3) is 0 Å². The molecule has 1 saturated heterocycles. The number of carbonyl (C=O) groups excluding carboxylic acids is 1. The van der Waals surface area contributed by atoms with E-state index in [1.165, 1.54) is 12.8 Å². The third kappa shape index (κ3) is 5.46. The second-order valence-electron chi connectivity index (χ2n) is 5.91. The molecule has 1 N–H and O–H groups in total. The summed E-state index contributed by atoms with van der Waals surface area (Å²) in [7, 11) is 0. The van der Waals surface area contributed by atoms with Crippen LogP contribution in [0.3, 0.4) is 0 Å². The van der Waals surface area contributed by atoms with E-state index < -0.39 is 0 Å². The van der Waals surface area contributed by atoms with Crippen molar-refractivity contribution in [2.45, 2.75) is 39.0 Å². The summed E-state index contributed by atoms with van der Waals surface area (Å²) in [6, 6.07) is 3.97. The first-order chi connectivity index (χ1) is 10.3. The Morgan fingerprint density at radius 3 is 3.10 bits per heavy atom. The Bertz CT molecular complexity index is 415. The molecule has 1 aromatic rings. The maximum atomic E-state index is 12.5. The molecule has 1 amide bonds. The molecule has 1 aliphatic rings. The molecular formula is C17H27N3O. The predicted molar refractivity (Wildman–Crippen MR) is 85.0 cm³/mol. The van der Waals surface area contributed by atoms with Crippen molar-refractivity contribution in [1.29, 1.82) is 0 Å². The molecule has 0 radical (unpaired) electrons. The van der Waals surface area contributed by atoms with E-state index in [0.29, 0.717) is 12.3 Å². The zero-order valence-electron chi connectivity index (χ0n) is 13.1. The van der Waals surface area contributed by atoms with Gasteiger partial charge in [-0.25, -0.2) is 0 Å². The maximum absolute atomic E-state index is 12.5. The number of pyridine rings is 1. The van der Waals surface area contributed by atoms with Gasteiger partial charge < -0.3 is 10.2 Å². The summed E-state index contributed by atoms with van der Waals surface area (Å²) in [4.78, 5) is 18.6. The minimum atomic E-state index is 0.284. The molecule has 2 rings (SSSR count). The molecule has 1 unspecified atom stereocenters. The third-order valence-electron chi connectivity index (χ3n) is 4.07. The molecule has 0 bridgehead atoms. The van der Waals surface area contributed by atoms with Crippen molar-refractivity contribution < 1.29 is 4.79 Å². The minimum Gasteiger partial charge on any atom is -0.342 e. The van der Waals surface area contributed by atoms with E-state index in [4.69, 9.17) is 0 Å². The summed E-state index contributed by atoms with van der Waals surface area (Å²) in [5, 5.41) is 3.43.